The van der Waals surface area contributed by atoms with Gasteiger partial charge in [-0.05, 0) is 61.4 Å². The van der Waals surface area contributed by atoms with E-state index in [1.807, 2.05) is 0 Å². The summed E-state index contributed by atoms with van der Waals surface area (Å²) in [6.07, 6.45) is 3.82. The van der Waals surface area contributed by atoms with Crippen LogP contribution in [0.15, 0.2) is 53.4 Å². The lowest BCUT2D eigenvalue weighted by molar-refractivity contribution is 0.0903. The molecular weight excluding hydrogens is 369 g/mol. The average molecular weight is 391 g/mol. The van der Waals surface area contributed by atoms with Crippen molar-refractivity contribution in [2.75, 3.05) is 11.3 Å². The molecule has 0 saturated heterocycles. The van der Waals surface area contributed by atoms with Crippen molar-refractivity contribution in [1.82, 2.24) is 5.32 Å². The maximum atomic E-state index is 13.0. The number of hydrogen-bond donors (Lipinski definition) is 3. The van der Waals surface area contributed by atoms with Crippen LogP contribution < -0.4 is 15.8 Å². The number of amides is 1. The van der Waals surface area contributed by atoms with Gasteiger partial charge in [0.1, 0.15) is 5.82 Å². The molecule has 27 heavy (non-hydrogen) atoms. The molecule has 1 saturated carbocycles. The highest BCUT2D eigenvalue weighted by Crippen LogP contribution is 2.29. The predicted molar refractivity (Wildman–Crippen MR) is 101 cm³/mol. The van der Waals surface area contributed by atoms with Crippen LogP contribution in [-0.4, -0.2) is 26.4 Å². The molecule has 0 radical (unpaired) electrons. The molecule has 0 heterocycles. The van der Waals surface area contributed by atoms with Crippen molar-refractivity contribution in [3.8, 4) is 0 Å². The molecular formula is C19H22FN3O3S. The molecule has 1 aliphatic carbocycles. The summed E-state index contributed by atoms with van der Waals surface area (Å²) in [6, 6.07) is 10.7. The van der Waals surface area contributed by atoms with Crippen molar-refractivity contribution < 1.29 is 17.6 Å². The second-order valence-corrected chi connectivity index (χ2v) is 8.46. The van der Waals surface area contributed by atoms with E-state index in [-0.39, 0.29) is 16.3 Å². The molecule has 0 spiro atoms. The molecule has 1 aliphatic rings. The van der Waals surface area contributed by atoms with Crippen LogP contribution in [0, 0.1) is 5.82 Å². The number of rotatable bonds is 6. The van der Waals surface area contributed by atoms with Crippen LogP contribution in [0.1, 0.15) is 36.0 Å². The van der Waals surface area contributed by atoms with Crippen LogP contribution in [-0.2, 0) is 10.0 Å². The monoisotopic (exact) mass is 391 g/mol. The number of sulfonamides is 1. The Bertz CT molecular complexity index is 906. The summed E-state index contributed by atoms with van der Waals surface area (Å²) >= 11 is 0. The van der Waals surface area contributed by atoms with E-state index in [0.29, 0.717) is 17.8 Å². The zero-order valence-electron chi connectivity index (χ0n) is 14.7. The lowest BCUT2D eigenvalue weighted by Gasteiger charge is -2.28. The van der Waals surface area contributed by atoms with Gasteiger partial charge in [-0.2, -0.15) is 0 Å². The number of halogens is 1. The van der Waals surface area contributed by atoms with Crippen molar-refractivity contribution in [3.63, 3.8) is 0 Å². The maximum Gasteiger partial charge on any atom is 0.261 e. The Labute approximate surface area is 158 Å². The van der Waals surface area contributed by atoms with Crippen LogP contribution in [0.25, 0.3) is 0 Å². The van der Waals surface area contributed by atoms with E-state index in [1.165, 1.54) is 24.3 Å². The Morgan fingerprint density at radius 3 is 2.19 bits per heavy atom. The van der Waals surface area contributed by atoms with Crippen molar-refractivity contribution in [2.24, 2.45) is 5.73 Å². The Balaban J connectivity index is 1.69. The topological polar surface area (TPSA) is 101 Å². The second-order valence-electron chi connectivity index (χ2n) is 6.78. The minimum Gasteiger partial charge on any atom is -0.345 e. The third-order valence-electron chi connectivity index (χ3n) is 4.85. The summed E-state index contributed by atoms with van der Waals surface area (Å²) in [5, 5.41) is 3.02. The number of carbonyl (C=O) groups excluding carboxylic acids is 1. The first-order valence-electron chi connectivity index (χ1n) is 8.75. The van der Waals surface area contributed by atoms with E-state index in [0.717, 1.165) is 37.8 Å². The van der Waals surface area contributed by atoms with Gasteiger partial charge in [0, 0.05) is 17.8 Å². The highest BCUT2D eigenvalue weighted by atomic mass is 32.2. The van der Waals surface area contributed by atoms with Gasteiger partial charge in [0.15, 0.2) is 0 Å². The standard InChI is InChI=1S/C19H22FN3O3S/c20-15-5-9-17(10-6-15)27(25,26)23-16-7-3-14(4-8-16)18(24)22-19(13-21)11-1-2-12-19/h3-10,23H,1-2,11-13,21H2,(H,22,24). The van der Waals surface area contributed by atoms with Crippen molar-refractivity contribution in [3.05, 3.63) is 59.9 Å². The summed E-state index contributed by atoms with van der Waals surface area (Å²) in [6.45, 7) is 0.397. The van der Waals surface area contributed by atoms with Gasteiger partial charge in [-0.3, -0.25) is 9.52 Å². The van der Waals surface area contributed by atoms with E-state index in [9.17, 15) is 17.6 Å². The van der Waals surface area contributed by atoms with Crippen molar-refractivity contribution >= 4 is 21.6 Å². The maximum absolute atomic E-state index is 13.0. The third-order valence-corrected chi connectivity index (χ3v) is 6.25. The number of carbonyl (C=O) groups is 1. The van der Waals surface area contributed by atoms with Gasteiger partial charge in [-0.1, -0.05) is 12.8 Å². The highest BCUT2D eigenvalue weighted by Gasteiger charge is 2.34. The molecule has 2 aromatic rings. The summed E-state index contributed by atoms with van der Waals surface area (Å²) in [5.41, 5.74) is 6.23. The van der Waals surface area contributed by atoms with Crippen LogP contribution in [0.5, 0.6) is 0 Å². The molecule has 3 rings (SSSR count). The molecule has 0 bridgehead atoms. The van der Waals surface area contributed by atoms with Gasteiger partial charge < -0.3 is 11.1 Å². The fourth-order valence-electron chi connectivity index (χ4n) is 3.26. The Kier molecular flexibility index (Phi) is 5.48. The minimum absolute atomic E-state index is 0.0446. The molecule has 8 heteroatoms. The molecule has 0 aromatic heterocycles. The van der Waals surface area contributed by atoms with Crippen molar-refractivity contribution in [1.29, 1.82) is 0 Å². The van der Waals surface area contributed by atoms with E-state index in [2.05, 4.69) is 10.0 Å². The van der Waals surface area contributed by atoms with Gasteiger partial charge in [0.2, 0.25) is 0 Å². The van der Waals surface area contributed by atoms with Gasteiger partial charge >= 0.3 is 0 Å². The lowest BCUT2D eigenvalue weighted by Crippen LogP contribution is -2.51. The zero-order valence-corrected chi connectivity index (χ0v) is 15.6. The normalized spacial score (nSPS) is 16.1. The molecule has 0 atom stereocenters. The quantitative estimate of drug-likeness (QED) is 0.704. The summed E-state index contributed by atoms with van der Waals surface area (Å²) in [5.74, 6) is -0.739. The van der Waals surface area contributed by atoms with Crippen LogP contribution in [0.3, 0.4) is 0 Å². The fourth-order valence-corrected chi connectivity index (χ4v) is 4.32. The summed E-state index contributed by atoms with van der Waals surface area (Å²) in [4.78, 5) is 12.4. The van der Waals surface area contributed by atoms with Gasteiger partial charge in [-0.25, -0.2) is 12.8 Å². The number of benzene rings is 2. The molecule has 1 fully saturated rings. The van der Waals surface area contributed by atoms with Gasteiger partial charge in [0.05, 0.1) is 10.4 Å². The Morgan fingerprint density at radius 1 is 1.04 bits per heavy atom. The number of anilines is 1. The summed E-state index contributed by atoms with van der Waals surface area (Å²) < 4.78 is 40.0. The molecule has 144 valence electrons. The SMILES string of the molecule is NCC1(NC(=O)c2ccc(NS(=O)(=O)c3ccc(F)cc3)cc2)CCCC1. The van der Waals surface area contributed by atoms with E-state index in [1.54, 1.807) is 12.1 Å². The fraction of sp³-hybridized carbons (Fsp3) is 0.316. The largest absolute Gasteiger partial charge is 0.345 e. The predicted octanol–water partition coefficient (Wildman–Crippen LogP) is 2.63. The Hall–Kier alpha value is -2.45. The first-order chi connectivity index (χ1) is 12.8. The van der Waals surface area contributed by atoms with Crippen LogP contribution >= 0.6 is 0 Å². The molecule has 1 amide bonds. The number of nitrogens with two attached hydrogens (primary N) is 1. The highest BCUT2D eigenvalue weighted by molar-refractivity contribution is 7.92. The molecule has 0 aliphatic heterocycles. The van der Waals surface area contributed by atoms with Crippen molar-refractivity contribution in [2.45, 2.75) is 36.1 Å². The third kappa shape index (κ3) is 4.45. The first-order valence-corrected chi connectivity index (χ1v) is 10.2. The number of nitrogens with one attached hydrogen (secondary N) is 2. The molecule has 0 unspecified atom stereocenters. The van der Waals surface area contributed by atoms with E-state index in [4.69, 9.17) is 5.73 Å². The molecule has 4 N–H and O–H groups in total. The van der Waals surface area contributed by atoms with Gasteiger partial charge in [0.25, 0.3) is 15.9 Å². The van der Waals surface area contributed by atoms with E-state index < -0.39 is 15.8 Å². The number of hydrogen-bond acceptors (Lipinski definition) is 4. The smallest absolute Gasteiger partial charge is 0.261 e. The second kappa shape index (κ2) is 7.66. The first kappa shape index (κ1) is 19.3. The molecule has 2 aromatic carbocycles. The molecule has 6 nitrogen and oxygen atoms in total. The Morgan fingerprint density at radius 2 is 1.63 bits per heavy atom. The van der Waals surface area contributed by atoms with Crippen LogP contribution in [0.4, 0.5) is 10.1 Å². The van der Waals surface area contributed by atoms with Crippen LogP contribution in [0.2, 0.25) is 0 Å². The lowest BCUT2D eigenvalue weighted by atomic mass is 9.97. The zero-order chi connectivity index (χ0) is 19.5. The van der Waals surface area contributed by atoms with Gasteiger partial charge in [-0.15, -0.1) is 0 Å². The summed E-state index contributed by atoms with van der Waals surface area (Å²) in [7, 11) is -3.83. The average Bonchev–Trinajstić information content (AvgIpc) is 3.11. The van der Waals surface area contributed by atoms with E-state index >= 15 is 0 Å². The minimum atomic E-state index is -3.83.